The van der Waals surface area contributed by atoms with Gasteiger partial charge in [0.2, 0.25) is 0 Å². The van der Waals surface area contributed by atoms with Crippen LogP contribution in [0.15, 0.2) is 53.6 Å². The summed E-state index contributed by atoms with van der Waals surface area (Å²) in [6.45, 7) is 6.89. The summed E-state index contributed by atoms with van der Waals surface area (Å²) < 4.78 is 19.2. The number of pyridine rings is 1. The van der Waals surface area contributed by atoms with Crippen molar-refractivity contribution >= 4 is 38.3 Å². The monoisotopic (exact) mass is 632 g/mol. The van der Waals surface area contributed by atoms with Gasteiger partial charge in [0.05, 0.1) is 16.7 Å². The summed E-state index contributed by atoms with van der Waals surface area (Å²) in [6.07, 6.45) is 6.27. The van der Waals surface area contributed by atoms with Crippen LogP contribution in [0.25, 0.3) is 33.2 Å². The van der Waals surface area contributed by atoms with Crippen LogP contribution in [-0.2, 0) is 10.8 Å². The highest BCUT2D eigenvalue weighted by Gasteiger charge is 2.24. The van der Waals surface area contributed by atoms with E-state index >= 15 is 0 Å². The molecule has 1 aliphatic heterocycles. The molecule has 1 aliphatic rings. The number of nitrogens with one attached hydrogen (secondary N) is 3. The Kier molecular flexibility index (Phi) is 8.97. The first-order valence-electron chi connectivity index (χ1n) is 15.3. The van der Waals surface area contributed by atoms with E-state index in [1.165, 1.54) is 0 Å². The molecule has 2 atom stereocenters. The second-order valence-electron chi connectivity index (χ2n) is 12.0. The first-order chi connectivity index (χ1) is 21.7. The lowest BCUT2D eigenvalue weighted by Crippen LogP contribution is -2.36. The normalized spacial score (nSPS) is 15.9. The molecule has 5 N–H and O–H groups in total. The lowest BCUT2D eigenvalue weighted by molar-refractivity contribution is 0.117. The number of piperidine rings is 1. The SMILES string of the molecule is Cc1ccc(OC[C@H](O)CNc2cc[nH]c(=O)c2-c2nc3cc4c(O)n(C5CCN(CCS(C)=O)CC5)cc4cc3[nH]2)c(C)c1. The second-order valence-corrected chi connectivity index (χ2v) is 13.5. The Morgan fingerprint density at radius 1 is 1.18 bits per heavy atom. The van der Waals surface area contributed by atoms with Gasteiger partial charge in [0.15, 0.2) is 5.88 Å². The van der Waals surface area contributed by atoms with E-state index in [1.54, 1.807) is 18.5 Å². The average Bonchev–Trinajstić information content (AvgIpc) is 3.57. The molecule has 12 heteroatoms. The lowest BCUT2D eigenvalue weighted by atomic mass is 10.1. The molecule has 0 spiro atoms. The number of rotatable bonds is 11. The minimum absolute atomic E-state index is 0.0965. The van der Waals surface area contributed by atoms with Gasteiger partial charge in [-0.25, -0.2) is 4.98 Å². The Morgan fingerprint density at radius 3 is 2.73 bits per heavy atom. The Hall–Kier alpha value is -4.13. The Morgan fingerprint density at radius 2 is 1.98 bits per heavy atom. The summed E-state index contributed by atoms with van der Waals surface area (Å²) >= 11 is 0. The third kappa shape index (κ3) is 6.77. The third-order valence-electron chi connectivity index (χ3n) is 8.55. The molecule has 1 unspecified atom stereocenters. The predicted octanol–water partition coefficient (Wildman–Crippen LogP) is 4.06. The van der Waals surface area contributed by atoms with Gasteiger partial charge in [-0.1, -0.05) is 17.7 Å². The zero-order valence-corrected chi connectivity index (χ0v) is 26.6. The van der Waals surface area contributed by atoms with Crippen molar-refractivity contribution in [2.45, 2.75) is 38.8 Å². The van der Waals surface area contributed by atoms with Crippen LogP contribution in [0.4, 0.5) is 5.69 Å². The number of aliphatic hydroxyl groups excluding tert-OH is 1. The number of aliphatic hydroxyl groups is 1. The highest BCUT2D eigenvalue weighted by Crippen LogP contribution is 2.36. The van der Waals surface area contributed by atoms with E-state index in [-0.39, 0.29) is 30.6 Å². The van der Waals surface area contributed by atoms with Crippen LogP contribution in [0.3, 0.4) is 0 Å². The first-order valence-corrected chi connectivity index (χ1v) is 17.0. The molecule has 3 aromatic heterocycles. The van der Waals surface area contributed by atoms with E-state index < -0.39 is 16.9 Å². The molecule has 45 heavy (non-hydrogen) atoms. The molecule has 11 nitrogen and oxygen atoms in total. The van der Waals surface area contributed by atoms with Crippen LogP contribution >= 0.6 is 0 Å². The molecule has 0 amide bonds. The molecular weight excluding hydrogens is 592 g/mol. The summed E-state index contributed by atoms with van der Waals surface area (Å²) in [5.41, 5.74) is 4.05. The standard InChI is InChI=1S/C33H40N6O5S/c1-20-4-5-29(21(2)14-20)44-19-24(40)17-35-26-6-9-34-32(41)30(26)31-36-27-15-22-18-39(33(42)25(22)16-28(27)37-31)23-7-10-38(11-8-23)12-13-45(3)43/h4-6,9,14-16,18,23-24,40,42H,7-8,10-13,17,19H2,1-3H3,(H,36,37)(H2,34,35,41)/t24-,45?/m1/s1. The summed E-state index contributed by atoms with van der Waals surface area (Å²) in [5.74, 6) is 2.00. The Balaban J connectivity index is 1.17. The van der Waals surface area contributed by atoms with Crippen molar-refractivity contribution in [3.8, 4) is 23.0 Å². The number of aromatic hydroxyl groups is 1. The minimum Gasteiger partial charge on any atom is -0.494 e. The summed E-state index contributed by atoms with van der Waals surface area (Å²) in [4.78, 5) is 26.1. The molecule has 1 fully saturated rings. The van der Waals surface area contributed by atoms with Gasteiger partial charge in [-0.15, -0.1) is 0 Å². The first kappa shape index (κ1) is 30.9. The molecular formula is C33H40N6O5S. The zero-order valence-electron chi connectivity index (χ0n) is 25.8. The number of benzene rings is 2. The number of aryl methyl sites for hydroxylation is 2. The van der Waals surface area contributed by atoms with Gasteiger partial charge in [-0.2, -0.15) is 0 Å². The average molecular weight is 633 g/mol. The highest BCUT2D eigenvalue weighted by molar-refractivity contribution is 7.84. The van der Waals surface area contributed by atoms with Crippen molar-refractivity contribution in [2.75, 3.05) is 50.1 Å². The Labute approximate surface area is 263 Å². The fourth-order valence-corrected chi connectivity index (χ4v) is 6.61. The number of H-pyrrole nitrogens is 2. The van der Waals surface area contributed by atoms with Gasteiger partial charge in [0.1, 0.15) is 29.8 Å². The maximum absolute atomic E-state index is 13.0. The smallest absolute Gasteiger partial charge is 0.261 e. The summed E-state index contributed by atoms with van der Waals surface area (Å²) in [6, 6.07) is 11.6. The van der Waals surface area contributed by atoms with Crippen molar-refractivity contribution in [1.82, 2.24) is 24.4 Å². The van der Waals surface area contributed by atoms with Crippen LogP contribution in [0.5, 0.6) is 11.6 Å². The number of ether oxygens (including phenoxy) is 1. The third-order valence-corrected chi connectivity index (χ3v) is 9.31. The molecule has 1 saturated heterocycles. The maximum atomic E-state index is 13.0. The quantitative estimate of drug-likeness (QED) is 0.146. The van der Waals surface area contributed by atoms with Crippen molar-refractivity contribution in [3.63, 3.8) is 0 Å². The highest BCUT2D eigenvalue weighted by atomic mass is 32.2. The van der Waals surface area contributed by atoms with Crippen LogP contribution in [0, 0.1) is 13.8 Å². The van der Waals surface area contributed by atoms with E-state index in [2.05, 4.69) is 20.2 Å². The minimum atomic E-state index is -0.817. The van der Waals surface area contributed by atoms with Crippen LogP contribution in [-0.4, -0.2) is 89.7 Å². The molecule has 0 radical (unpaired) electrons. The number of hydrogen-bond acceptors (Lipinski definition) is 8. The number of likely N-dealkylation sites (tertiary alicyclic amines) is 1. The Bertz CT molecular complexity index is 1910. The number of aromatic nitrogens is 4. The molecule has 0 aliphatic carbocycles. The molecule has 0 saturated carbocycles. The van der Waals surface area contributed by atoms with E-state index in [9.17, 15) is 19.2 Å². The van der Waals surface area contributed by atoms with Crippen LogP contribution in [0.2, 0.25) is 0 Å². The molecule has 238 valence electrons. The maximum Gasteiger partial charge on any atom is 0.261 e. The summed E-state index contributed by atoms with van der Waals surface area (Å²) in [5, 5.41) is 26.6. The number of imidazole rings is 1. The van der Waals surface area contributed by atoms with Gasteiger partial charge >= 0.3 is 0 Å². The predicted molar refractivity (Wildman–Crippen MR) is 179 cm³/mol. The van der Waals surface area contributed by atoms with Gasteiger partial charge in [0, 0.05) is 78.2 Å². The number of aromatic amines is 2. The molecule has 6 rings (SSSR count). The largest absolute Gasteiger partial charge is 0.494 e. The van der Waals surface area contributed by atoms with Gasteiger partial charge < -0.3 is 39.7 Å². The van der Waals surface area contributed by atoms with Crippen LogP contribution in [0.1, 0.15) is 30.0 Å². The number of fused-ring (bicyclic) bond motifs is 2. The van der Waals surface area contributed by atoms with E-state index in [1.807, 2.05) is 54.9 Å². The van der Waals surface area contributed by atoms with Crippen LogP contribution < -0.4 is 15.6 Å². The number of anilines is 1. The number of hydrogen-bond donors (Lipinski definition) is 5. The number of nitrogens with zero attached hydrogens (tertiary/aromatic N) is 3. The fraction of sp³-hybridized carbons (Fsp3) is 0.394. The van der Waals surface area contributed by atoms with Gasteiger partial charge in [-0.05, 0) is 56.5 Å². The molecule has 2 aromatic carbocycles. The topological polar surface area (TPSA) is 148 Å². The van der Waals surface area contributed by atoms with Gasteiger partial charge in [-0.3, -0.25) is 9.00 Å². The zero-order chi connectivity index (χ0) is 31.7. The van der Waals surface area contributed by atoms with Crippen molar-refractivity contribution in [3.05, 3.63) is 70.3 Å². The lowest BCUT2D eigenvalue weighted by Gasteiger charge is -2.32. The van der Waals surface area contributed by atoms with E-state index in [0.29, 0.717) is 33.7 Å². The van der Waals surface area contributed by atoms with Crippen molar-refractivity contribution in [1.29, 1.82) is 0 Å². The molecule has 4 heterocycles. The van der Waals surface area contributed by atoms with Gasteiger partial charge in [0.25, 0.3) is 5.56 Å². The van der Waals surface area contributed by atoms with Crippen molar-refractivity contribution in [2.24, 2.45) is 0 Å². The van der Waals surface area contributed by atoms with E-state index in [4.69, 9.17) is 9.72 Å². The van der Waals surface area contributed by atoms with E-state index in [0.717, 1.165) is 60.3 Å². The van der Waals surface area contributed by atoms with Crippen molar-refractivity contribution < 1.29 is 19.2 Å². The fourth-order valence-electron chi connectivity index (χ4n) is 6.09. The molecule has 5 aromatic rings. The molecule has 0 bridgehead atoms. The summed E-state index contributed by atoms with van der Waals surface area (Å²) in [7, 11) is -0.796. The second kappa shape index (κ2) is 13.1.